The first-order valence-electron chi connectivity index (χ1n) is 7.14. The van der Waals surface area contributed by atoms with Crippen LogP contribution in [0.3, 0.4) is 0 Å². The summed E-state index contributed by atoms with van der Waals surface area (Å²) >= 11 is -2.57. The van der Waals surface area contributed by atoms with Gasteiger partial charge in [-0.2, -0.15) is 0 Å². The first kappa shape index (κ1) is 18.2. The van der Waals surface area contributed by atoms with E-state index in [1.807, 2.05) is 0 Å². The highest BCUT2D eigenvalue weighted by Crippen LogP contribution is 2.32. The van der Waals surface area contributed by atoms with Crippen LogP contribution in [0.5, 0.6) is 0 Å². The molecule has 10 heteroatoms. The number of hydrogen-bond acceptors (Lipinski definition) is 4. The smallest absolute Gasteiger partial charge is 0.267 e. The predicted octanol–water partition coefficient (Wildman–Crippen LogP) is 3.12. The van der Waals surface area contributed by atoms with Gasteiger partial charge in [0.25, 0.3) is 10.0 Å². The van der Waals surface area contributed by atoms with E-state index in [0.29, 0.717) is 10.8 Å². The second-order valence-corrected chi connectivity index (χ2v) is 7.49. The standard InChI is InChI=1S/C16H12F2N2O4S2/c17-12-6-3-7-13(18)16(12)26(23,24)20-15-9-8-14(19-25(21)22)10-4-1-2-5-11(10)15/h1-9,19-20H,(H,21,22)/p-1. The van der Waals surface area contributed by atoms with Crippen LogP contribution in [0.1, 0.15) is 0 Å². The highest BCUT2D eigenvalue weighted by molar-refractivity contribution is 7.92. The van der Waals surface area contributed by atoms with Crippen LogP contribution in [-0.2, 0) is 21.3 Å². The van der Waals surface area contributed by atoms with Crippen LogP contribution in [0.25, 0.3) is 10.8 Å². The van der Waals surface area contributed by atoms with Gasteiger partial charge in [-0.15, -0.1) is 0 Å². The summed E-state index contributed by atoms with van der Waals surface area (Å²) in [5, 5.41) is 0.758. The summed E-state index contributed by atoms with van der Waals surface area (Å²) in [4.78, 5) is -1.09. The zero-order valence-corrected chi connectivity index (χ0v) is 14.5. The van der Waals surface area contributed by atoms with Gasteiger partial charge >= 0.3 is 0 Å². The Morgan fingerprint density at radius 1 is 0.846 bits per heavy atom. The van der Waals surface area contributed by atoms with Crippen LogP contribution in [0.4, 0.5) is 20.2 Å². The molecule has 0 aromatic heterocycles. The van der Waals surface area contributed by atoms with Crippen LogP contribution < -0.4 is 9.44 Å². The lowest BCUT2D eigenvalue weighted by atomic mass is 10.1. The predicted molar refractivity (Wildman–Crippen MR) is 93.7 cm³/mol. The van der Waals surface area contributed by atoms with Gasteiger partial charge in [0.15, 0.2) is 4.90 Å². The third-order valence-electron chi connectivity index (χ3n) is 3.55. The second-order valence-electron chi connectivity index (χ2n) is 5.20. The largest absolute Gasteiger partial charge is 0.755 e. The molecule has 136 valence electrons. The summed E-state index contributed by atoms with van der Waals surface area (Å²) in [6.45, 7) is 0. The maximum atomic E-state index is 13.8. The molecule has 3 aromatic carbocycles. The number of rotatable bonds is 5. The van der Waals surface area contributed by atoms with E-state index in [1.165, 1.54) is 12.1 Å². The number of sulfonamides is 1. The topological polar surface area (TPSA) is 98.3 Å². The van der Waals surface area contributed by atoms with Gasteiger partial charge < -0.3 is 9.27 Å². The van der Waals surface area contributed by atoms with Crippen molar-refractivity contribution < 1.29 is 26.0 Å². The van der Waals surface area contributed by atoms with Crippen LogP contribution in [0.2, 0.25) is 0 Å². The quantitative estimate of drug-likeness (QED) is 0.646. The van der Waals surface area contributed by atoms with Crippen molar-refractivity contribution in [2.75, 3.05) is 9.44 Å². The number of anilines is 2. The molecule has 26 heavy (non-hydrogen) atoms. The van der Waals surface area contributed by atoms with Gasteiger partial charge in [0, 0.05) is 22.0 Å². The van der Waals surface area contributed by atoms with E-state index in [-0.39, 0.29) is 11.4 Å². The lowest BCUT2D eigenvalue weighted by molar-refractivity contribution is 0.521. The Hall–Kier alpha value is -2.56. The Balaban J connectivity index is 2.11. The molecule has 6 nitrogen and oxygen atoms in total. The van der Waals surface area contributed by atoms with Crippen LogP contribution in [0.15, 0.2) is 59.5 Å². The number of halogens is 2. The van der Waals surface area contributed by atoms with Gasteiger partial charge in [0.05, 0.1) is 11.4 Å². The fourth-order valence-electron chi connectivity index (χ4n) is 2.50. The Bertz CT molecular complexity index is 1100. The molecule has 1 atom stereocenters. The minimum Gasteiger partial charge on any atom is -0.755 e. The van der Waals surface area contributed by atoms with Crippen molar-refractivity contribution in [3.63, 3.8) is 0 Å². The van der Waals surface area contributed by atoms with Crippen molar-refractivity contribution in [2.24, 2.45) is 0 Å². The molecule has 2 N–H and O–H groups in total. The van der Waals surface area contributed by atoms with Gasteiger partial charge in [-0.3, -0.25) is 8.93 Å². The third kappa shape index (κ3) is 3.52. The molecular weight excluding hydrogens is 386 g/mol. The van der Waals surface area contributed by atoms with Crippen molar-refractivity contribution in [2.45, 2.75) is 4.90 Å². The van der Waals surface area contributed by atoms with Gasteiger partial charge in [-0.25, -0.2) is 17.2 Å². The molecule has 3 rings (SSSR count). The summed E-state index contributed by atoms with van der Waals surface area (Å²) in [7, 11) is -4.54. The lowest BCUT2D eigenvalue weighted by Crippen LogP contribution is -2.16. The first-order chi connectivity index (χ1) is 12.3. The van der Waals surface area contributed by atoms with Crippen molar-refractivity contribution >= 4 is 43.4 Å². The summed E-state index contributed by atoms with van der Waals surface area (Å²) in [6.07, 6.45) is 0. The number of fused-ring (bicyclic) bond motifs is 1. The molecular formula is C16H11F2N2O4S2-. The highest BCUT2D eigenvalue weighted by atomic mass is 32.2. The number of hydrogen-bond donors (Lipinski definition) is 2. The summed E-state index contributed by atoms with van der Waals surface area (Å²) < 4.78 is 78.7. The number of benzene rings is 3. The molecule has 0 radical (unpaired) electrons. The van der Waals surface area contributed by atoms with E-state index in [1.54, 1.807) is 24.3 Å². The monoisotopic (exact) mass is 397 g/mol. The van der Waals surface area contributed by atoms with Crippen LogP contribution >= 0.6 is 0 Å². The Morgan fingerprint density at radius 2 is 1.38 bits per heavy atom. The molecule has 1 unspecified atom stereocenters. The van der Waals surface area contributed by atoms with E-state index < -0.39 is 37.8 Å². The zero-order valence-electron chi connectivity index (χ0n) is 12.9. The molecule has 0 saturated carbocycles. The van der Waals surface area contributed by atoms with E-state index in [4.69, 9.17) is 0 Å². The summed E-state index contributed by atoms with van der Waals surface area (Å²) in [5.74, 6) is -2.44. The normalized spacial score (nSPS) is 12.7. The van der Waals surface area contributed by atoms with Crippen molar-refractivity contribution in [3.05, 3.63) is 66.2 Å². The Kier molecular flexibility index (Phi) is 4.90. The fourth-order valence-corrected chi connectivity index (χ4v) is 4.08. The van der Waals surface area contributed by atoms with Crippen LogP contribution in [0, 0.1) is 11.6 Å². The molecule has 0 saturated heterocycles. The SMILES string of the molecule is O=S([O-])Nc1ccc(NS(=O)(=O)c2c(F)cccc2F)c2ccccc12. The molecule has 3 aromatic rings. The molecule has 0 heterocycles. The van der Waals surface area contributed by atoms with Gasteiger partial charge in [-0.1, -0.05) is 30.3 Å². The van der Waals surface area contributed by atoms with Crippen molar-refractivity contribution in [1.29, 1.82) is 0 Å². The third-order valence-corrected chi connectivity index (χ3v) is 5.35. The molecule has 0 aliphatic rings. The second kappa shape index (κ2) is 6.98. The fraction of sp³-hybridized carbons (Fsp3) is 0. The maximum Gasteiger partial charge on any atom is 0.267 e. The first-order valence-corrected chi connectivity index (χ1v) is 9.70. The Labute approximate surface area is 150 Å². The number of nitrogens with one attached hydrogen (secondary N) is 2. The summed E-state index contributed by atoms with van der Waals surface area (Å²) in [5.41, 5.74) is 0.277. The lowest BCUT2D eigenvalue weighted by Gasteiger charge is -2.16. The maximum absolute atomic E-state index is 13.8. The molecule has 0 bridgehead atoms. The summed E-state index contributed by atoms with van der Waals surface area (Å²) in [6, 6.07) is 11.7. The van der Waals surface area contributed by atoms with Crippen molar-refractivity contribution in [1.82, 2.24) is 0 Å². The van der Waals surface area contributed by atoms with Gasteiger partial charge in [0.2, 0.25) is 0 Å². The average Bonchev–Trinajstić information content (AvgIpc) is 2.56. The molecule has 0 spiro atoms. The van der Waals surface area contributed by atoms with Gasteiger partial charge in [0.1, 0.15) is 11.6 Å². The minimum atomic E-state index is -4.54. The van der Waals surface area contributed by atoms with Crippen LogP contribution in [-0.4, -0.2) is 17.2 Å². The van der Waals surface area contributed by atoms with E-state index in [0.717, 1.165) is 18.2 Å². The molecule has 0 fully saturated rings. The van der Waals surface area contributed by atoms with Gasteiger partial charge in [-0.05, 0) is 24.3 Å². The molecule has 0 amide bonds. The highest BCUT2D eigenvalue weighted by Gasteiger charge is 2.24. The minimum absolute atomic E-state index is 0.0467. The zero-order chi connectivity index (χ0) is 18.9. The van der Waals surface area contributed by atoms with E-state index in [2.05, 4.69) is 9.44 Å². The Morgan fingerprint density at radius 3 is 1.96 bits per heavy atom. The molecule has 0 aliphatic heterocycles. The van der Waals surface area contributed by atoms with Crippen molar-refractivity contribution in [3.8, 4) is 0 Å². The molecule has 0 aliphatic carbocycles. The van der Waals surface area contributed by atoms with E-state index >= 15 is 0 Å². The van der Waals surface area contributed by atoms with E-state index in [9.17, 15) is 26.0 Å². The average molecular weight is 397 g/mol.